The second kappa shape index (κ2) is 5.49. The second-order valence-electron chi connectivity index (χ2n) is 5.57. The molecule has 0 N–H and O–H groups in total. The highest BCUT2D eigenvalue weighted by molar-refractivity contribution is 6.21. The monoisotopic (exact) mass is 286 g/mol. The molecule has 1 aliphatic carbocycles. The van der Waals surface area contributed by atoms with Gasteiger partial charge in [-0.05, 0) is 54.0 Å². The Labute approximate surface area is 125 Å². The summed E-state index contributed by atoms with van der Waals surface area (Å²) in [6.45, 7) is 2.06. The van der Waals surface area contributed by atoms with Gasteiger partial charge in [-0.1, -0.05) is 36.4 Å². The van der Waals surface area contributed by atoms with Crippen molar-refractivity contribution in [1.29, 1.82) is 0 Å². The molecule has 0 amide bonds. The van der Waals surface area contributed by atoms with Gasteiger partial charge in [0.15, 0.2) is 0 Å². The largest absolute Gasteiger partial charge is 0.496 e. The van der Waals surface area contributed by atoms with Gasteiger partial charge in [-0.2, -0.15) is 0 Å². The molecule has 0 bridgehead atoms. The number of alkyl halides is 1. The van der Waals surface area contributed by atoms with Crippen molar-refractivity contribution in [2.45, 2.75) is 25.1 Å². The lowest BCUT2D eigenvalue weighted by Crippen LogP contribution is -2.08. The maximum absolute atomic E-state index is 6.73. The van der Waals surface area contributed by atoms with E-state index in [2.05, 4.69) is 43.3 Å². The zero-order valence-corrected chi connectivity index (χ0v) is 12.7. The van der Waals surface area contributed by atoms with Crippen LogP contribution in [0.3, 0.4) is 0 Å². The third-order valence-corrected chi connectivity index (χ3v) is 4.84. The minimum absolute atomic E-state index is 0.0620. The third kappa shape index (κ3) is 2.43. The average Bonchev–Trinajstić information content (AvgIpc) is 2.90. The molecule has 2 aromatic rings. The van der Waals surface area contributed by atoms with Crippen molar-refractivity contribution in [3.05, 3.63) is 64.7 Å². The summed E-state index contributed by atoms with van der Waals surface area (Å²) in [5.74, 6) is 1.41. The van der Waals surface area contributed by atoms with Crippen molar-refractivity contribution in [3.8, 4) is 5.75 Å². The quantitative estimate of drug-likeness (QED) is 0.743. The molecule has 20 heavy (non-hydrogen) atoms. The summed E-state index contributed by atoms with van der Waals surface area (Å²) >= 11 is 6.73. The first-order valence-corrected chi connectivity index (χ1v) is 7.48. The smallest absolute Gasteiger partial charge is 0.121 e. The summed E-state index contributed by atoms with van der Waals surface area (Å²) in [5, 5.41) is 0.0620. The van der Waals surface area contributed by atoms with Crippen LogP contribution < -0.4 is 4.74 Å². The van der Waals surface area contributed by atoms with Crippen LogP contribution in [-0.2, 0) is 12.8 Å². The Balaban J connectivity index is 1.81. The Morgan fingerprint density at radius 1 is 1.10 bits per heavy atom. The van der Waals surface area contributed by atoms with E-state index in [-0.39, 0.29) is 5.38 Å². The van der Waals surface area contributed by atoms with Crippen LogP contribution in [0.25, 0.3) is 0 Å². The summed E-state index contributed by atoms with van der Waals surface area (Å²) in [4.78, 5) is 0. The number of benzene rings is 2. The molecule has 2 heteroatoms. The highest BCUT2D eigenvalue weighted by atomic mass is 35.5. The second-order valence-corrected chi connectivity index (χ2v) is 6.04. The van der Waals surface area contributed by atoms with Crippen molar-refractivity contribution in [2.75, 3.05) is 7.11 Å². The average molecular weight is 287 g/mol. The molecule has 3 rings (SSSR count). The maximum atomic E-state index is 6.73. The van der Waals surface area contributed by atoms with E-state index in [0.717, 1.165) is 24.2 Å². The van der Waals surface area contributed by atoms with Gasteiger partial charge in [0.2, 0.25) is 0 Å². The van der Waals surface area contributed by atoms with Crippen molar-refractivity contribution in [1.82, 2.24) is 0 Å². The van der Waals surface area contributed by atoms with E-state index in [4.69, 9.17) is 16.3 Å². The van der Waals surface area contributed by atoms with E-state index in [1.54, 1.807) is 7.11 Å². The molecule has 0 aliphatic heterocycles. The van der Waals surface area contributed by atoms with Crippen LogP contribution in [0.5, 0.6) is 5.75 Å². The van der Waals surface area contributed by atoms with Crippen LogP contribution in [0.4, 0.5) is 0 Å². The minimum Gasteiger partial charge on any atom is -0.496 e. The Morgan fingerprint density at radius 2 is 1.75 bits per heavy atom. The highest BCUT2D eigenvalue weighted by Crippen LogP contribution is 2.39. The first-order valence-electron chi connectivity index (χ1n) is 7.04. The lowest BCUT2D eigenvalue weighted by atomic mass is 9.95. The van der Waals surface area contributed by atoms with Gasteiger partial charge in [-0.3, -0.25) is 0 Å². The molecule has 0 saturated heterocycles. The molecule has 1 unspecified atom stereocenters. The summed E-state index contributed by atoms with van der Waals surface area (Å²) in [6.07, 6.45) is 2.16. The molecule has 0 heterocycles. The molecule has 0 aromatic heterocycles. The Kier molecular flexibility index (Phi) is 3.71. The van der Waals surface area contributed by atoms with Crippen LogP contribution in [-0.4, -0.2) is 7.11 Å². The molecule has 1 nitrogen and oxygen atoms in total. The van der Waals surface area contributed by atoms with E-state index < -0.39 is 0 Å². The number of aryl methyl sites for hydroxylation is 1. The topological polar surface area (TPSA) is 9.23 Å². The molecule has 104 valence electrons. The van der Waals surface area contributed by atoms with Crippen molar-refractivity contribution in [2.24, 2.45) is 5.92 Å². The molecule has 0 fully saturated rings. The van der Waals surface area contributed by atoms with Gasteiger partial charge >= 0.3 is 0 Å². The standard InChI is InChI=1S/C18H19ClO/c1-12-9-15(7-8-17(12)20-2)18(19)16-10-13-5-3-4-6-14(13)11-16/h3-9,16,18H,10-11H2,1-2H3. The van der Waals surface area contributed by atoms with Crippen molar-refractivity contribution >= 4 is 11.6 Å². The van der Waals surface area contributed by atoms with Gasteiger partial charge in [0, 0.05) is 0 Å². The Morgan fingerprint density at radius 3 is 2.30 bits per heavy atom. The molecule has 0 saturated carbocycles. The van der Waals surface area contributed by atoms with Crippen LogP contribution in [0.2, 0.25) is 0 Å². The van der Waals surface area contributed by atoms with Crippen LogP contribution in [0, 0.1) is 12.8 Å². The minimum atomic E-state index is 0.0620. The maximum Gasteiger partial charge on any atom is 0.121 e. The zero-order chi connectivity index (χ0) is 14.1. The summed E-state index contributed by atoms with van der Waals surface area (Å²) in [7, 11) is 1.70. The molecular formula is C18H19ClO. The summed E-state index contributed by atoms with van der Waals surface area (Å²) in [5.41, 5.74) is 5.25. The van der Waals surface area contributed by atoms with Gasteiger partial charge < -0.3 is 4.74 Å². The molecule has 0 radical (unpaired) electrons. The lowest BCUT2D eigenvalue weighted by Gasteiger charge is -2.18. The number of halogens is 1. The summed E-state index contributed by atoms with van der Waals surface area (Å²) in [6, 6.07) is 14.9. The number of fused-ring (bicyclic) bond motifs is 1. The fraction of sp³-hybridized carbons (Fsp3) is 0.333. The van der Waals surface area contributed by atoms with Crippen molar-refractivity contribution < 1.29 is 4.74 Å². The van der Waals surface area contributed by atoms with Crippen molar-refractivity contribution in [3.63, 3.8) is 0 Å². The molecular weight excluding hydrogens is 268 g/mol. The highest BCUT2D eigenvalue weighted by Gasteiger charge is 2.28. The zero-order valence-electron chi connectivity index (χ0n) is 11.9. The lowest BCUT2D eigenvalue weighted by molar-refractivity contribution is 0.411. The summed E-state index contributed by atoms with van der Waals surface area (Å²) < 4.78 is 5.31. The molecule has 1 atom stereocenters. The first-order chi connectivity index (χ1) is 9.69. The number of hydrogen-bond donors (Lipinski definition) is 0. The fourth-order valence-electron chi connectivity index (χ4n) is 3.15. The SMILES string of the molecule is COc1ccc(C(Cl)C2Cc3ccccc3C2)cc1C. The van der Waals surface area contributed by atoms with E-state index in [9.17, 15) is 0 Å². The number of rotatable bonds is 3. The number of hydrogen-bond acceptors (Lipinski definition) is 1. The predicted molar refractivity (Wildman–Crippen MR) is 83.7 cm³/mol. The van der Waals surface area contributed by atoms with E-state index in [1.807, 2.05) is 6.07 Å². The van der Waals surface area contributed by atoms with Gasteiger partial charge in [-0.15, -0.1) is 11.6 Å². The first kappa shape index (κ1) is 13.5. The van der Waals surface area contributed by atoms with E-state index >= 15 is 0 Å². The fourth-order valence-corrected chi connectivity index (χ4v) is 3.46. The molecule has 0 spiro atoms. The molecule has 1 aliphatic rings. The van der Waals surface area contributed by atoms with Gasteiger partial charge in [0.05, 0.1) is 12.5 Å². The van der Waals surface area contributed by atoms with Gasteiger partial charge in [0.25, 0.3) is 0 Å². The van der Waals surface area contributed by atoms with Gasteiger partial charge in [-0.25, -0.2) is 0 Å². The predicted octanol–water partition coefficient (Wildman–Crippen LogP) is 4.70. The number of ether oxygens (including phenoxy) is 1. The Bertz CT molecular complexity index is 596. The van der Waals surface area contributed by atoms with E-state index in [1.165, 1.54) is 16.7 Å². The third-order valence-electron chi connectivity index (χ3n) is 4.23. The van der Waals surface area contributed by atoms with E-state index in [0.29, 0.717) is 5.92 Å². The normalized spacial score (nSPS) is 15.9. The number of methoxy groups -OCH3 is 1. The van der Waals surface area contributed by atoms with Crippen LogP contribution in [0.15, 0.2) is 42.5 Å². The van der Waals surface area contributed by atoms with Gasteiger partial charge in [0.1, 0.15) is 5.75 Å². The Hall–Kier alpha value is -1.47. The van der Waals surface area contributed by atoms with Crippen LogP contribution in [0.1, 0.15) is 27.6 Å². The van der Waals surface area contributed by atoms with Crippen LogP contribution >= 0.6 is 11.6 Å². The molecule has 2 aromatic carbocycles.